The highest BCUT2D eigenvalue weighted by molar-refractivity contribution is 14.1. The van der Waals surface area contributed by atoms with E-state index in [0.717, 1.165) is 11.9 Å². The average molecular weight is 262 g/mol. The smallest absolute Gasteiger partial charge is 0.143 e. The Bertz CT molecular complexity index is 208. The van der Waals surface area contributed by atoms with E-state index in [1.54, 1.807) is 0 Å². The van der Waals surface area contributed by atoms with Crippen molar-refractivity contribution in [2.24, 2.45) is 0 Å². The molecule has 0 aromatic heterocycles. The minimum atomic E-state index is 0.792. The van der Waals surface area contributed by atoms with Crippen LogP contribution in [0.25, 0.3) is 0 Å². The lowest BCUT2D eigenvalue weighted by Gasteiger charge is -1.84. The Morgan fingerprint density at radius 2 is 1.91 bits per heavy atom. The molecule has 0 saturated heterocycles. The summed E-state index contributed by atoms with van der Waals surface area (Å²) in [6, 6.07) is 0. The van der Waals surface area contributed by atoms with Crippen LogP contribution >= 0.6 is 22.6 Å². The Hall–Kier alpha value is -0.380. The fraction of sp³-hybridized carbons (Fsp3) is 0.222. The van der Waals surface area contributed by atoms with E-state index in [2.05, 4.69) is 22.6 Å². The third-order valence-electron chi connectivity index (χ3n) is 1.02. The zero-order valence-electron chi connectivity index (χ0n) is 6.67. The Kier molecular flexibility index (Phi) is 6.12. The molecule has 0 aliphatic rings. The van der Waals surface area contributed by atoms with Crippen LogP contribution in [0, 0.1) is 0 Å². The van der Waals surface area contributed by atoms with Crippen molar-refractivity contribution < 1.29 is 4.79 Å². The molecule has 0 spiro atoms. The fourth-order valence-electron chi connectivity index (χ4n) is 0.495. The number of halogens is 1. The van der Waals surface area contributed by atoms with Crippen LogP contribution in [-0.4, -0.2) is 6.29 Å². The largest absolute Gasteiger partial charge is 0.299 e. The van der Waals surface area contributed by atoms with Gasteiger partial charge in [0.1, 0.15) is 6.29 Å². The number of carbonyl (C=O) groups excluding carboxylic acids is 1. The number of carbonyl (C=O) groups is 1. The molecule has 0 heterocycles. The Balaban J connectivity index is 4.03. The minimum Gasteiger partial charge on any atom is -0.299 e. The van der Waals surface area contributed by atoms with E-state index < -0.39 is 0 Å². The van der Waals surface area contributed by atoms with Gasteiger partial charge in [-0.3, -0.25) is 4.79 Å². The van der Waals surface area contributed by atoms with Gasteiger partial charge >= 0.3 is 0 Å². The molecule has 0 radical (unpaired) electrons. The summed E-state index contributed by atoms with van der Waals surface area (Å²) < 4.78 is 1.22. The zero-order chi connectivity index (χ0) is 8.69. The average Bonchev–Trinajstić information content (AvgIpc) is 1.87. The van der Waals surface area contributed by atoms with Crippen molar-refractivity contribution in [3.63, 3.8) is 0 Å². The van der Waals surface area contributed by atoms with Crippen molar-refractivity contribution in [1.29, 1.82) is 0 Å². The molecule has 60 valence electrons. The van der Waals surface area contributed by atoms with Gasteiger partial charge in [0.15, 0.2) is 0 Å². The molecule has 0 fully saturated rings. The van der Waals surface area contributed by atoms with Gasteiger partial charge in [-0.1, -0.05) is 18.2 Å². The van der Waals surface area contributed by atoms with Crippen molar-refractivity contribution in [2.45, 2.75) is 13.8 Å². The second kappa shape index (κ2) is 6.34. The van der Waals surface area contributed by atoms with Gasteiger partial charge in [0.2, 0.25) is 0 Å². The lowest BCUT2D eigenvalue weighted by Crippen LogP contribution is -1.68. The molecular weight excluding hydrogens is 251 g/mol. The summed E-state index contributed by atoms with van der Waals surface area (Å²) in [5, 5.41) is 0. The molecular formula is C9H11IO. The van der Waals surface area contributed by atoms with Gasteiger partial charge in [0, 0.05) is 0 Å². The van der Waals surface area contributed by atoms with Crippen molar-refractivity contribution in [3.8, 4) is 0 Å². The van der Waals surface area contributed by atoms with Crippen LogP contribution in [0.4, 0.5) is 0 Å². The van der Waals surface area contributed by atoms with Crippen LogP contribution < -0.4 is 0 Å². The van der Waals surface area contributed by atoms with E-state index >= 15 is 0 Å². The molecule has 0 aromatic rings. The molecule has 0 aromatic carbocycles. The van der Waals surface area contributed by atoms with Crippen LogP contribution in [0.5, 0.6) is 0 Å². The van der Waals surface area contributed by atoms with Crippen LogP contribution in [-0.2, 0) is 4.79 Å². The Morgan fingerprint density at radius 3 is 2.36 bits per heavy atom. The molecule has 2 heteroatoms. The maximum absolute atomic E-state index is 9.99. The van der Waals surface area contributed by atoms with Gasteiger partial charge in [-0.2, -0.15) is 0 Å². The van der Waals surface area contributed by atoms with Crippen molar-refractivity contribution >= 4 is 28.9 Å². The molecule has 0 atom stereocenters. The van der Waals surface area contributed by atoms with E-state index in [9.17, 15) is 4.79 Å². The summed E-state index contributed by atoms with van der Waals surface area (Å²) in [5.41, 5.74) is 0.967. The number of hydrogen-bond donors (Lipinski definition) is 0. The fourth-order valence-corrected chi connectivity index (χ4v) is 0.703. The first-order chi connectivity index (χ1) is 5.16. The summed E-state index contributed by atoms with van der Waals surface area (Å²) in [5.74, 6) is 0. The standard InChI is InChI=1S/C9H11IO/c1-8(6-7-11)4-3-5-9(2)10/h3-7H,1-2H3/b4-3+,8-6+,9-5+. The van der Waals surface area contributed by atoms with Gasteiger partial charge < -0.3 is 0 Å². The van der Waals surface area contributed by atoms with E-state index in [1.807, 2.05) is 32.1 Å². The quantitative estimate of drug-likeness (QED) is 0.330. The first-order valence-electron chi connectivity index (χ1n) is 3.29. The molecule has 11 heavy (non-hydrogen) atoms. The van der Waals surface area contributed by atoms with Crippen molar-refractivity contribution in [1.82, 2.24) is 0 Å². The summed E-state index contributed by atoms with van der Waals surface area (Å²) >= 11 is 2.23. The molecule has 0 rings (SSSR count). The third kappa shape index (κ3) is 7.52. The summed E-state index contributed by atoms with van der Waals surface area (Å²) in [7, 11) is 0. The van der Waals surface area contributed by atoms with Gasteiger partial charge in [-0.25, -0.2) is 0 Å². The molecule has 0 saturated carbocycles. The normalized spacial score (nSPS) is 14.1. The second-order valence-corrected chi connectivity index (χ2v) is 3.86. The van der Waals surface area contributed by atoms with Crippen LogP contribution in [0.1, 0.15) is 13.8 Å². The van der Waals surface area contributed by atoms with E-state index in [4.69, 9.17) is 0 Å². The zero-order valence-corrected chi connectivity index (χ0v) is 8.83. The molecule has 0 unspecified atom stereocenters. The third-order valence-corrected chi connectivity index (χ3v) is 1.38. The van der Waals surface area contributed by atoms with E-state index in [0.29, 0.717) is 0 Å². The van der Waals surface area contributed by atoms with Crippen molar-refractivity contribution in [3.05, 3.63) is 33.5 Å². The number of rotatable bonds is 3. The van der Waals surface area contributed by atoms with Gasteiger partial charge in [-0.05, 0) is 51.7 Å². The maximum Gasteiger partial charge on any atom is 0.143 e. The number of hydrogen-bond acceptors (Lipinski definition) is 1. The van der Waals surface area contributed by atoms with Gasteiger partial charge in [0.05, 0.1) is 0 Å². The van der Waals surface area contributed by atoms with E-state index in [-0.39, 0.29) is 0 Å². The molecule has 0 N–H and O–H groups in total. The number of allylic oxidation sites excluding steroid dienone is 6. The van der Waals surface area contributed by atoms with Gasteiger partial charge in [0.25, 0.3) is 0 Å². The maximum atomic E-state index is 9.99. The minimum absolute atomic E-state index is 0.792. The lowest BCUT2D eigenvalue weighted by atomic mass is 10.2. The highest BCUT2D eigenvalue weighted by Crippen LogP contribution is 2.03. The first kappa shape index (κ1) is 10.6. The molecule has 0 aliphatic heterocycles. The SMILES string of the molecule is C\C(I)=C/C=C/C(C)=C/C=O. The summed E-state index contributed by atoms with van der Waals surface area (Å²) in [6.07, 6.45) is 8.14. The van der Waals surface area contributed by atoms with Gasteiger partial charge in [-0.15, -0.1) is 0 Å². The summed E-state index contributed by atoms with van der Waals surface area (Å²) in [6.45, 7) is 3.91. The van der Waals surface area contributed by atoms with Crippen molar-refractivity contribution in [2.75, 3.05) is 0 Å². The first-order valence-corrected chi connectivity index (χ1v) is 4.37. The molecule has 1 nitrogen and oxygen atoms in total. The molecule has 0 amide bonds. The lowest BCUT2D eigenvalue weighted by molar-refractivity contribution is -0.104. The topological polar surface area (TPSA) is 17.1 Å². The van der Waals surface area contributed by atoms with Crippen LogP contribution in [0.3, 0.4) is 0 Å². The molecule has 0 aliphatic carbocycles. The molecule has 0 bridgehead atoms. The van der Waals surface area contributed by atoms with Crippen LogP contribution in [0.2, 0.25) is 0 Å². The summed E-state index contributed by atoms with van der Waals surface area (Å²) in [4.78, 5) is 9.99. The Labute approximate surface area is 81.0 Å². The van der Waals surface area contributed by atoms with E-state index in [1.165, 1.54) is 9.66 Å². The predicted molar refractivity (Wildman–Crippen MR) is 56.7 cm³/mol. The monoisotopic (exact) mass is 262 g/mol. The predicted octanol–water partition coefficient (Wildman–Crippen LogP) is 3.03. The Morgan fingerprint density at radius 1 is 1.27 bits per heavy atom. The van der Waals surface area contributed by atoms with Crippen LogP contribution in [0.15, 0.2) is 33.5 Å². The highest BCUT2D eigenvalue weighted by atomic mass is 127. The number of aldehydes is 1. The highest BCUT2D eigenvalue weighted by Gasteiger charge is 1.77. The second-order valence-electron chi connectivity index (χ2n) is 2.16.